The molecule has 7 nitrogen and oxygen atoms in total. The Kier molecular flexibility index (Phi) is 4.82. The van der Waals surface area contributed by atoms with Crippen molar-refractivity contribution in [3.8, 4) is 22.9 Å². The molecule has 0 saturated carbocycles. The molecule has 1 aliphatic rings. The van der Waals surface area contributed by atoms with Crippen molar-refractivity contribution in [3.05, 3.63) is 70.5 Å². The van der Waals surface area contributed by atoms with Gasteiger partial charge >= 0.3 is 0 Å². The van der Waals surface area contributed by atoms with Gasteiger partial charge in [-0.15, -0.1) is 5.10 Å². The summed E-state index contributed by atoms with van der Waals surface area (Å²) in [6.07, 6.45) is 2.77. The molecule has 0 spiro atoms. The summed E-state index contributed by atoms with van der Waals surface area (Å²) in [4.78, 5) is 22.1. The van der Waals surface area contributed by atoms with Crippen LogP contribution in [0.3, 0.4) is 0 Å². The van der Waals surface area contributed by atoms with Crippen LogP contribution in [-0.2, 0) is 6.42 Å². The number of rotatable bonds is 4. The van der Waals surface area contributed by atoms with Crippen LogP contribution in [0.15, 0.2) is 48.7 Å². The number of carbonyl (C=O) groups excluding carboxylic acids is 1. The molecule has 8 heteroatoms. The van der Waals surface area contributed by atoms with Crippen LogP contribution in [0.25, 0.3) is 17.2 Å². The topological polar surface area (TPSA) is 78.6 Å². The number of carbonyl (C=O) groups is 1. The molecule has 1 atom stereocenters. The van der Waals surface area contributed by atoms with E-state index in [0.717, 1.165) is 16.8 Å². The maximum absolute atomic E-state index is 12.9. The maximum Gasteiger partial charge on any atom is 0.252 e. The van der Waals surface area contributed by atoms with Crippen molar-refractivity contribution < 1.29 is 14.3 Å². The van der Waals surface area contributed by atoms with Crippen molar-refractivity contribution in [2.24, 2.45) is 0 Å². The molecule has 0 bridgehead atoms. The second-order valence-corrected chi connectivity index (χ2v) is 7.87. The van der Waals surface area contributed by atoms with Crippen LogP contribution in [0.2, 0.25) is 5.02 Å². The first-order valence-electron chi connectivity index (χ1n) is 9.83. The number of Topliss-reactive ketones (excluding diaryl/α,β-unsaturated/α-hetero) is 1. The van der Waals surface area contributed by atoms with Gasteiger partial charge < -0.3 is 9.47 Å². The lowest BCUT2D eigenvalue weighted by Gasteiger charge is -2.23. The highest BCUT2D eigenvalue weighted by atomic mass is 35.5. The number of benzene rings is 2. The molecule has 1 aliphatic carbocycles. The summed E-state index contributed by atoms with van der Waals surface area (Å²) in [6, 6.07) is 13.1. The third-order valence-corrected chi connectivity index (χ3v) is 5.82. The summed E-state index contributed by atoms with van der Waals surface area (Å²) in [5, 5.41) is 5.14. The molecular formula is C23H19ClN4O3. The van der Waals surface area contributed by atoms with Gasteiger partial charge in [0.15, 0.2) is 23.1 Å². The van der Waals surface area contributed by atoms with E-state index in [9.17, 15) is 4.79 Å². The van der Waals surface area contributed by atoms with Gasteiger partial charge in [-0.1, -0.05) is 17.7 Å². The molecule has 2 aromatic heterocycles. The predicted octanol–water partition coefficient (Wildman–Crippen LogP) is 4.37. The standard InChI is InChI=1S/C23H19ClN4O3/c1-30-20-8-5-14(11-21(20)31-2)15-9-18-17(19(29)10-15)12-28-23(25-18)26-22(27-28)13-3-6-16(24)7-4-13/h3-8,11-12,15H,9-10H2,1-2H3/t15-/m1/s1. The molecule has 0 saturated heterocycles. The fourth-order valence-corrected chi connectivity index (χ4v) is 4.07. The highest BCUT2D eigenvalue weighted by Gasteiger charge is 2.29. The number of ether oxygens (including phenoxy) is 2. The number of hydrogen-bond donors (Lipinski definition) is 0. The Morgan fingerprint density at radius 1 is 1.00 bits per heavy atom. The minimum atomic E-state index is 0.00779. The summed E-state index contributed by atoms with van der Waals surface area (Å²) in [6.45, 7) is 0. The molecule has 0 fully saturated rings. The van der Waals surface area contributed by atoms with Gasteiger partial charge in [0, 0.05) is 23.2 Å². The zero-order valence-corrected chi connectivity index (χ0v) is 17.8. The molecule has 31 heavy (non-hydrogen) atoms. The van der Waals surface area contributed by atoms with Crippen molar-refractivity contribution in [2.75, 3.05) is 14.2 Å². The Bertz CT molecular complexity index is 1300. The van der Waals surface area contributed by atoms with Crippen LogP contribution < -0.4 is 9.47 Å². The second-order valence-electron chi connectivity index (χ2n) is 7.43. The van der Waals surface area contributed by atoms with Gasteiger partial charge in [-0.05, 0) is 54.3 Å². The number of nitrogens with zero attached hydrogens (tertiary/aromatic N) is 4. The quantitative estimate of drug-likeness (QED) is 0.474. The van der Waals surface area contributed by atoms with E-state index in [0.29, 0.717) is 46.5 Å². The lowest BCUT2D eigenvalue weighted by Crippen LogP contribution is -2.21. The number of ketones is 1. The van der Waals surface area contributed by atoms with E-state index < -0.39 is 0 Å². The average molecular weight is 435 g/mol. The Labute approximate surface area is 183 Å². The molecule has 5 rings (SSSR count). The van der Waals surface area contributed by atoms with Crippen LogP contribution in [0.1, 0.15) is 34.0 Å². The van der Waals surface area contributed by atoms with E-state index in [-0.39, 0.29) is 11.7 Å². The molecule has 0 unspecified atom stereocenters. The molecule has 0 amide bonds. The monoisotopic (exact) mass is 434 g/mol. The van der Waals surface area contributed by atoms with Gasteiger partial charge in [-0.3, -0.25) is 4.79 Å². The van der Waals surface area contributed by atoms with E-state index in [4.69, 9.17) is 21.1 Å². The summed E-state index contributed by atoms with van der Waals surface area (Å²) in [7, 11) is 3.20. The summed E-state index contributed by atoms with van der Waals surface area (Å²) >= 11 is 5.97. The van der Waals surface area contributed by atoms with Crippen LogP contribution in [0, 0.1) is 0 Å². The zero-order valence-electron chi connectivity index (χ0n) is 17.0. The highest BCUT2D eigenvalue weighted by Crippen LogP contribution is 2.36. The van der Waals surface area contributed by atoms with E-state index in [1.807, 2.05) is 30.3 Å². The Hall–Kier alpha value is -3.45. The van der Waals surface area contributed by atoms with Crippen LogP contribution in [-0.4, -0.2) is 39.6 Å². The molecular weight excluding hydrogens is 416 g/mol. The SMILES string of the molecule is COc1ccc([C@H]2CC(=O)c3cn4nc(-c5ccc(Cl)cc5)nc4nc3C2)cc1OC. The Morgan fingerprint density at radius 3 is 2.52 bits per heavy atom. The van der Waals surface area contributed by atoms with Gasteiger partial charge in [0.25, 0.3) is 5.78 Å². The van der Waals surface area contributed by atoms with Gasteiger partial charge in [0.05, 0.1) is 25.5 Å². The van der Waals surface area contributed by atoms with E-state index in [1.165, 1.54) is 0 Å². The maximum atomic E-state index is 12.9. The van der Waals surface area contributed by atoms with Crippen molar-refractivity contribution in [1.82, 2.24) is 19.6 Å². The fraction of sp³-hybridized carbons (Fsp3) is 0.217. The van der Waals surface area contributed by atoms with Gasteiger partial charge in [-0.25, -0.2) is 9.50 Å². The number of hydrogen-bond acceptors (Lipinski definition) is 6. The minimum absolute atomic E-state index is 0.00779. The van der Waals surface area contributed by atoms with Crippen molar-refractivity contribution >= 4 is 23.2 Å². The molecule has 2 aromatic carbocycles. The molecule has 0 N–H and O–H groups in total. The van der Waals surface area contributed by atoms with Crippen molar-refractivity contribution in [1.29, 1.82) is 0 Å². The first kappa shape index (κ1) is 19.5. The van der Waals surface area contributed by atoms with Crippen molar-refractivity contribution in [3.63, 3.8) is 0 Å². The lowest BCUT2D eigenvalue weighted by molar-refractivity contribution is 0.0962. The summed E-state index contributed by atoms with van der Waals surface area (Å²) < 4.78 is 12.3. The van der Waals surface area contributed by atoms with Crippen molar-refractivity contribution in [2.45, 2.75) is 18.8 Å². The van der Waals surface area contributed by atoms with E-state index >= 15 is 0 Å². The van der Waals surface area contributed by atoms with Gasteiger partial charge in [0.1, 0.15) is 0 Å². The van der Waals surface area contributed by atoms with Crippen LogP contribution in [0.5, 0.6) is 11.5 Å². The zero-order chi connectivity index (χ0) is 21.5. The summed E-state index contributed by atoms with van der Waals surface area (Å²) in [5.74, 6) is 2.35. The molecule has 156 valence electrons. The number of methoxy groups -OCH3 is 2. The third kappa shape index (κ3) is 3.51. The molecule has 2 heterocycles. The lowest BCUT2D eigenvalue weighted by atomic mass is 9.82. The fourth-order valence-electron chi connectivity index (χ4n) is 3.95. The van der Waals surface area contributed by atoms with Gasteiger partial charge in [-0.2, -0.15) is 4.98 Å². The second kappa shape index (κ2) is 7.67. The van der Waals surface area contributed by atoms with Gasteiger partial charge in [0.2, 0.25) is 0 Å². The first-order chi connectivity index (χ1) is 15.1. The number of fused-ring (bicyclic) bond motifs is 2. The first-order valence-corrected chi connectivity index (χ1v) is 10.2. The smallest absolute Gasteiger partial charge is 0.252 e. The minimum Gasteiger partial charge on any atom is -0.493 e. The number of halogens is 1. The molecule has 0 aliphatic heterocycles. The van der Waals surface area contributed by atoms with E-state index in [1.54, 1.807) is 37.1 Å². The number of aromatic nitrogens is 4. The molecule has 4 aromatic rings. The Morgan fingerprint density at radius 2 is 1.77 bits per heavy atom. The molecule has 0 radical (unpaired) electrons. The van der Waals surface area contributed by atoms with Crippen LogP contribution >= 0.6 is 11.6 Å². The largest absolute Gasteiger partial charge is 0.493 e. The van der Waals surface area contributed by atoms with E-state index in [2.05, 4.69) is 15.1 Å². The van der Waals surface area contributed by atoms with Crippen LogP contribution in [0.4, 0.5) is 0 Å². The highest BCUT2D eigenvalue weighted by molar-refractivity contribution is 6.30. The third-order valence-electron chi connectivity index (χ3n) is 5.56. The Balaban J connectivity index is 1.51. The summed E-state index contributed by atoms with van der Waals surface area (Å²) in [5.41, 5.74) is 3.18. The average Bonchev–Trinajstić information content (AvgIpc) is 3.20. The predicted molar refractivity (Wildman–Crippen MR) is 116 cm³/mol. The normalized spacial score (nSPS) is 15.7.